The van der Waals surface area contributed by atoms with Gasteiger partial charge in [0.25, 0.3) is 0 Å². The van der Waals surface area contributed by atoms with E-state index < -0.39 is 0 Å². The molecule has 0 aliphatic carbocycles. The molecule has 0 atom stereocenters. The van der Waals surface area contributed by atoms with Crippen molar-refractivity contribution in [1.29, 1.82) is 0 Å². The summed E-state index contributed by atoms with van der Waals surface area (Å²) in [5.74, 6) is 3.35. The van der Waals surface area contributed by atoms with Crippen molar-refractivity contribution in [1.82, 2.24) is 20.1 Å². The summed E-state index contributed by atoms with van der Waals surface area (Å²) >= 11 is 1.35. The Morgan fingerprint density at radius 1 is 1.18 bits per heavy atom. The summed E-state index contributed by atoms with van der Waals surface area (Å²) in [4.78, 5) is 11.9. The number of hydrogen-bond acceptors (Lipinski definition) is 4. The first-order valence-electron chi connectivity index (χ1n) is 8.97. The molecule has 0 unspecified atom stereocenters. The third-order valence-electron chi connectivity index (χ3n) is 4.22. The molecular formula is C22H22N4OS. The third kappa shape index (κ3) is 4.81. The molecule has 142 valence electrons. The minimum Gasteiger partial charge on any atom is -0.344 e. The van der Waals surface area contributed by atoms with Crippen molar-refractivity contribution in [2.45, 2.75) is 25.4 Å². The number of nitrogens with one attached hydrogen (secondary N) is 1. The topological polar surface area (TPSA) is 59.8 Å². The predicted molar refractivity (Wildman–Crippen MR) is 113 cm³/mol. The van der Waals surface area contributed by atoms with E-state index in [1.165, 1.54) is 17.3 Å². The number of carbonyl (C=O) groups is 1. The molecule has 28 heavy (non-hydrogen) atoms. The first kappa shape index (κ1) is 19.7. The Labute approximate surface area is 169 Å². The highest BCUT2D eigenvalue weighted by Gasteiger charge is 2.17. The monoisotopic (exact) mass is 390 g/mol. The van der Waals surface area contributed by atoms with E-state index in [1.807, 2.05) is 22.8 Å². The number of carbonyl (C=O) groups excluding carboxylic acids is 1. The Morgan fingerprint density at radius 3 is 2.68 bits per heavy atom. The Morgan fingerprint density at radius 2 is 1.96 bits per heavy atom. The number of amides is 1. The molecule has 6 heteroatoms. The maximum absolute atomic E-state index is 11.9. The molecule has 0 radical (unpaired) electrons. The average Bonchev–Trinajstić information content (AvgIpc) is 3.08. The molecular weight excluding hydrogens is 368 g/mol. The van der Waals surface area contributed by atoms with Crippen LogP contribution >= 0.6 is 11.8 Å². The molecule has 1 amide bonds. The van der Waals surface area contributed by atoms with Crippen molar-refractivity contribution in [3.63, 3.8) is 0 Å². The first-order chi connectivity index (χ1) is 13.6. The molecule has 5 nitrogen and oxygen atoms in total. The van der Waals surface area contributed by atoms with E-state index in [4.69, 9.17) is 6.42 Å². The van der Waals surface area contributed by atoms with Gasteiger partial charge in [-0.2, -0.15) is 0 Å². The molecule has 3 aromatic rings. The van der Waals surface area contributed by atoms with E-state index in [-0.39, 0.29) is 18.2 Å². The summed E-state index contributed by atoms with van der Waals surface area (Å²) in [5, 5.41) is 12.1. The summed E-state index contributed by atoms with van der Waals surface area (Å²) in [7, 11) is 0. The number of hydrogen-bond donors (Lipinski definition) is 1. The van der Waals surface area contributed by atoms with Crippen LogP contribution in [0.5, 0.6) is 0 Å². The van der Waals surface area contributed by atoms with E-state index >= 15 is 0 Å². The summed E-state index contributed by atoms with van der Waals surface area (Å²) in [6, 6.07) is 16.4. The summed E-state index contributed by atoms with van der Waals surface area (Å²) in [6.07, 6.45) is 5.85. The van der Waals surface area contributed by atoms with Gasteiger partial charge in [-0.15, -0.1) is 16.6 Å². The van der Waals surface area contributed by atoms with Crippen LogP contribution in [0.1, 0.15) is 22.5 Å². The fraction of sp³-hybridized carbons (Fsp3) is 0.227. The van der Waals surface area contributed by atoms with Gasteiger partial charge >= 0.3 is 0 Å². The molecule has 2 aromatic carbocycles. The van der Waals surface area contributed by atoms with Gasteiger partial charge in [0.2, 0.25) is 5.91 Å². The van der Waals surface area contributed by atoms with E-state index in [1.54, 1.807) is 0 Å². The van der Waals surface area contributed by atoms with E-state index in [0.29, 0.717) is 11.6 Å². The van der Waals surface area contributed by atoms with E-state index in [2.05, 4.69) is 65.6 Å². The highest BCUT2D eigenvalue weighted by atomic mass is 32.2. The third-order valence-corrected chi connectivity index (χ3v) is 5.15. The highest BCUT2D eigenvalue weighted by molar-refractivity contribution is 7.99. The molecule has 0 spiro atoms. The Balaban J connectivity index is 1.93. The zero-order valence-corrected chi connectivity index (χ0v) is 16.8. The quantitative estimate of drug-likeness (QED) is 0.497. The van der Waals surface area contributed by atoms with Gasteiger partial charge in [-0.25, -0.2) is 0 Å². The van der Waals surface area contributed by atoms with Crippen LogP contribution < -0.4 is 5.32 Å². The Bertz CT molecular complexity index is 1010. The lowest BCUT2D eigenvalue weighted by Crippen LogP contribution is -2.25. The van der Waals surface area contributed by atoms with Crippen molar-refractivity contribution < 1.29 is 4.79 Å². The molecule has 0 fully saturated rings. The zero-order chi connectivity index (χ0) is 19.9. The Kier molecular flexibility index (Phi) is 6.51. The predicted octanol–water partition coefficient (Wildman–Crippen LogP) is 3.32. The summed E-state index contributed by atoms with van der Waals surface area (Å²) < 4.78 is 2.04. The van der Waals surface area contributed by atoms with Crippen LogP contribution in [-0.2, 0) is 11.2 Å². The van der Waals surface area contributed by atoms with Crippen molar-refractivity contribution in [2.24, 2.45) is 0 Å². The average molecular weight is 391 g/mol. The van der Waals surface area contributed by atoms with Crippen molar-refractivity contribution in [2.75, 3.05) is 12.3 Å². The lowest BCUT2D eigenvalue weighted by molar-refractivity contribution is -0.118. The SMILES string of the molecule is C#CCNC(=O)CSc1nnc(Cc2ccccc2)n1-c1ccc(C)cc1C. The molecule has 0 aliphatic heterocycles. The van der Waals surface area contributed by atoms with Crippen molar-refractivity contribution in [3.05, 3.63) is 71.0 Å². The van der Waals surface area contributed by atoms with E-state index in [9.17, 15) is 4.79 Å². The number of nitrogens with zero attached hydrogens (tertiary/aromatic N) is 3. The number of thioether (sulfide) groups is 1. The maximum Gasteiger partial charge on any atom is 0.231 e. The number of aryl methyl sites for hydroxylation is 2. The van der Waals surface area contributed by atoms with Gasteiger partial charge in [0.1, 0.15) is 5.82 Å². The maximum atomic E-state index is 11.9. The van der Waals surface area contributed by atoms with Gasteiger partial charge in [-0.1, -0.05) is 65.7 Å². The van der Waals surface area contributed by atoms with Crippen LogP contribution in [0.4, 0.5) is 0 Å². The molecule has 0 saturated carbocycles. The largest absolute Gasteiger partial charge is 0.344 e. The van der Waals surface area contributed by atoms with Crippen LogP contribution in [0.3, 0.4) is 0 Å². The molecule has 1 heterocycles. The number of terminal acetylenes is 1. The van der Waals surface area contributed by atoms with Gasteiger partial charge in [-0.05, 0) is 31.0 Å². The van der Waals surface area contributed by atoms with Crippen molar-refractivity contribution in [3.8, 4) is 18.0 Å². The summed E-state index contributed by atoms with van der Waals surface area (Å²) in [6.45, 7) is 4.37. The fourth-order valence-electron chi connectivity index (χ4n) is 2.92. The minimum atomic E-state index is -0.122. The normalized spacial score (nSPS) is 10.5. The van der Waals surface area contributed by atoms with Crippen LogP contribution in [0, 0.1) is 26.2 Å². The van der Waals surface area contributed by atoms with E-state index in [0.717, 1.165) is 22.6 Å². The van der Waals surface area contributed by atoms with Gasteiger partial charge < -0.3 is 5.32 Å². The van der Waals surface area contributed by atoms with Crippen LogP contribution in [0.25, 0.3) is 5.69 Å². The minimum absolute atomic E-state index is 0.122. The van der Waals surface area contributed by atoms with Crippen LogP contribution in [0.2, 0.25) is 0 Å². The zero-order valence-electron chi connectivity index (χ0n) is 16.0. The molecule has 1 aromatic heterocycles. The second-order valence-corrected chi connectivity index (χ2v) is 7.40. The first-order valence-corrected chi connectivity index (χ1v) is 9.96. The number of aromatic nitrogens is 3. The summed E-state index contributed by atoms with van der Waals surface area (Å²) in [5.41, 5.74) is 4.51. The lowest BCUT2D eigenvalue weighted by Gasteiger charge is -2.13. The highest BCUT2D eigenvalue weighted by Crippen LogP contribution is 2.26. The Hall–Kier alpha value is -3.04. The standard InChI is InChI=1S/C22H22N4OS/c1-4-12-23-21(27)15-28-22-25-24-20(14-18-8-6-5-7-9-18)26(22)19-11-10-16(2)13-17(19)3/h1,5-11,13H,12,14-15H2,2-3H3,(H,23,27). The second kappa shape index (κ2) is 9.25. The fourth-order valence-corrected chi connectivity index (χ4v) is 3.71. The van der Waals surface area contributed by atoms with Gasteiger partial charge in [0.05, 0.1) is 18.0 Å². The van der Waals surface area contributed by atoms with Crippen LogP contribution in [-0.4, -0.2) is 33.0 Å². The van der Waals surface area contributed by atoms with Gasteiger partial charge in [0, 0.05) is 6.42 Å². The van der Waals surface area contributed by atoms with Crippen LogP contribution in [0.15, 0.2) is 53.7 Å². The molecule has 1 N–H and O–H groups in total. The van der Waals surface area contributed by atoms with Crippen molar-refractivity contribution >= 4 is 17.7 Å². The van der Waals surface area contributed by atoms with Gasteiger partial charge in [0.15, 0.2) is 5.16 Å². The second-order valence-electron chi connectivity index (χ2n) is 6.46. The number of benzene rings is 2. The lowest BCUT2D eigenvalue weighted by atomic mass is 10.1. The van der Waals surface area contributed by atoms with Gasteiger partial charge in [-0.3, -0.25) is 9.36 Å². The molecule has 0 saturated heterocycles. The number of rotatable bonds is 7. The molecule has 0 bridgehead atoms. The molecule has 3 rings (SSSR count). The molecule has 0 aliphatic rings. The smallest absolute Gasteiger partial charge is 0.231 e.